The maximum absolute atomic E-state index is 12.2. The van der Waals surface area contributed by atoms with Crippen LogP contribution in [0.1, 0.15) is 31.1 Å². The van der Waals surface area contributed by atoms with Gasteiger partial charge in [-0.25, -0.2) is 17.9 Å². The largest absolute Gasteiger partial charge is 0.934 e. The van der Waals surface area contributed by atoms with Crippen LogP contribution in [0.15, 0.2) is 24.5 Å². The molecule has 0 N–H and O–H groups in total. The highest BCUT2D eigenvalue weighted by molar-refractivity contribution is 6.31. The molecule has 0 aliphatic rings. The highest BCUT2D eigenvalue weighted by Crippen LogP contribution is 2.10. The SMILES string of the molecule is CC(C)(C)OC(=O)c1cc[n+](B(F)F)cc1. The summed E-state index contributed by atoms with van der Waals surface area (Å²) in [5.74, 6) is -0.520. The summed E-state index contributed by atoms with van der Waals surface area (Å²) in [6.07, 6.45) is 2.29. The average molecular weight is 228 g/mol. The molecule has 0 aliphatic carbocycles. The van der Waals surface area contributed by atoms with Crippen LogP contribution in [0.4, 0.5) is 8.63 Å². The molecule has 0 unspecified atom stereocenters. The normalized spacial score (nSPS) is 11.1. The fourth-order valence-corrected chi connectivity index (χ4v) is 1.04. The van der Waals surface area contributed by atoms with E-state index in [2.05, 4.69) is 0 Å². The number of carbonyl (C=O) groups is 1. The van der Waals surface area contributed by atoms with Gasteiger partial charge in [0.2, 0.25) is 0 Å². The van der Waals surface area contributed by atoms with Gasteiger partial charge in [0.05, 0.1) is 5.56 Å². The highest BCUT2D eigenvalue weighted by atomic mass is 19.2. The monoisotopic (exact) mass is 228 g/mol. The van der Waals surface area contributed by atoms with E-state index in [-0.39, 0.29) is 5.56 Å². The molecule has 0 fully saturated rings. The van der Waals surface area contributed by atoms with E-state index in [1.165, 1.54) is 12.1 Å². The van der Waals surface area contributed by atoms with Crippen LogP contribution in [0, 0.1) is 0 Å². The number of carbonyl (C=O) groups excluding carboxylic acids is 1. The molecule has 0 aliphatic heterocycles. The van der Waals surface area contributed by atoms with Gasteiger partial charge in [0.15, 0.2) is 0 Å². The Morgan fingerprint density at radius 1 is 1.31 bits per heavy atom. The Morgan fingerprint density at radius 2 is 1.81 bits per heavy atom. The number of hydrogen-bond acceptors (Lipinski definition) is 2. The lowest BCUT2D eigenvalue weighted by Crippen LogP contribution is -2.44. The van der Waals surface area contributed by atoms with Gasteiger partial charge in [0, 0.05) is 12.1 Å². The lowest BCUT2D eigenvalue weighted by molar-refractivity contribution is -0.554. The molecular weight excluding hydrogens is 215 g/mol. The Kier molecular flexibility index (Phi) is 3.62. The minimum atomic E-state index is -2.60. The zero-order valence-electron chi connectivity index (χ0n) is 9.41. The summed E-state index contributed by atoms with van der Waals surface area (Å²) in [6.45, 7) is 5.23. The van der Waals surface area contributed by atoms with Crippen LogP contribution in [0.3, 0.4) is 0 Å². The van der Waals surface area contributed by atoms with Gasteiger partial charge in [-0.3, -0.25) is 0 Å². The highest BCUT2D eigenvalue weighted by Gasteiger charge is 2.31. The summed E-state index contributed by atoms with van der Waals surface area (Å²) in [6, 6.07) is 2.61. The number of aromatic nitrogens is 1. The van der Waals surface area contributed by atoms with Gasteiger partial charge >= 0.3 is 13.4 Å². The van der Waals surface area contributed by atoms with Gasteiger partial charge in [-0.05, 0) is 20.8 Å². The molecule has 1 aromatic rings. The number of halogens is 2. The Hall–Kier alpha value is -1.46. The molecule has 0 aromatic carbocycles. The van der Waals surface area contributed by atoms with Crippen molar-refractivity contribution in [2.75, 3.05) is 0 Å². The number of nitrogens with zero attached hydrogens (tertiary/aromatic N) is 1. The van der Waals surface area contributed by atoms with Crippen LogP contribution in [0.2, 0.25) is 0 Å². The molecule has 3 nitrogen and oxygen atoms in total. The van der Waals surface area contributed by atoms with Crippen LogP contribution in [0.5, 0.6) is 0 Å². The molecule has 86 valence electrons. The molecule has 16 heavy (non-hydrogen) atoms. The van der Waals surface area contributed by atoms with Crippen LogP contribution in [-0.2, 0) is 4.74 Å². The predicted molar refractivity (Wildman–Crippen MR) is 55.2 cm³/mol. The first-order valence-electron chi connectivity index (χ1n) is 4.82. The Balaban J connectivity index is 2.78. The third kappa shape index (κ3) is 3.60. The number of esters is 1. The van der Waals surface area contributed by atoms with E-state index >= 15 is 0 Å². The van der Waals surface area contributed by atoms with Crippen molar-refractivity contribution < 1.29 is 22.6 Å². The van der Waals surface area contributed by atoms with Gasteiger partial charge < -0.3 is 4.74 Å². The smallest absolute Gasteiger partial charge is 0.456 e. The van der Waals surface area contributed by atoms with Crippen LogP contribution in [-0.4, -0.2) is 19.0 Å². The number of pyridine rings is 1. The van der Waals surface area contributed by atoms with Crippen molar-refractivity contribution >= 4 is 13.4 Å². The average Bonchev–Trinajstić information content (AvgIpc) is 2.15. The summed E-state index contributed by atoms with van der Waals surface area (Å²) in [5, 5.41) is 0. The quantitative estimate of drug-likeness (QED) is 0.569. The van der Waals surface area contributed by atoms with Crippen LogP contribution < -0.4 is 4.48 Å². The van der Waals surface area contributed by atoms with Crippen molar-refractivity contribution in [3.63, 3.8) is 0 Å². The van der Waals surface area contributed by atoms with Gasteiger partial charge in [0.25, 0.3) is 0 Å². The van der Waals surface area contributed by atoms with Gasteiger partial charge in [-0.15, -0.1) is 0 Å². The molecule has 0 radical (unpaired) electrons. The van der Waals surface area contributed by atoms with E-state index in [1.54, 1.807) is 20.8 Å². The molecule has 0 saturated carbocycles. The summed E-state index contributed by atoms with van der Waals surface area (Å²) in [7, 11) is -2.60. The fraction of sp³-hybridized carbons (Fsp3) is 0.400. The van der Waals surface area contributed by atoms with E-state index in [1.807, 2.05) is 0 Å². The summed E-state index contributed by atoms with van der Waals surface area (Å²) in [4.78, 5) is 11.5. The third-order valence-electron chi connectivity index (χ3n) is 1.71. The lowest BCUT2D eigenvalue weighted by Gasteiger charge is -2.19. The van der Waals surface area contributed by atoms with Crippen molar-refractivity contribution in [3.8, 4) is 0 Å². The molecule has 1 heterocycles. The minimum Gasteiger partial charge on any atom is -0.456 e. The molecule has 0 saturated heterocycles. The van der Waals surface area contributed by atoms with Crippen molar-refractivity contribution in [1.29, 1.82) is 0 Å². The lowest BCUT2D eigenvalue weighted by atomic mass is 10.1. The second-order valence-electron chi connectivity index (χ2n) is 4.31. The first-order valence-corrected chi connectivity index (χ1v) is 4.82. The van der Waals surface area contributed by atoms with Gasteiger partial charge in [0.1, 0.15) is 18.0 Å². The van der Waals surface area contributed by atoms with Gasteiger partial charge in [-0.1, -0.05) is 0 Å². The molecule has 0 bridgehead atoms. The maximum atomic E-state index is 12.2. The van der Waals surface area contributed by atoms with E-state index in [0.717, 1.165) is 12.4 Å². The molecule has 0 atom stereocenters. The Labute approximate surface area is 93.2 Å². The fourth-order valence-electron chi connectivity index (χ4n) is 1.04. The summed E-state index contributed by atoms with van der Waals surface area (Å²) in [5.41, 5.74) is -0.335. The molecule has 1 aromatic heterocycles. The van der Waals surface area contributed by atoms with E-state index in [9.17, 15) is 13.4 Å². The summed E-state index contributed by atoms with van der Waals surface area (Å²) < 4.78 is 30.2. The molecule has 1 rings (SSSR count). The first-order chi connectivity index (χ1) is 7.29. The van der Waals surface area contributed by atoms with Gasteiger partial charge in [-0.2, -0.15) is 0 Å². The molecule has 6 heteroatoms. The molecule has 0 spiro atoms. The molecular formula is C10H13BF2NO2+. The Bertz CT molecular complexity index is 373. The topological polar surface area (TPSA) is 30.2 Å². The van der Waals surface area contributed by atoms with Crippen molar-refractivity contribution in [2.24, 2.45) is 0 Å². The second kappa shape index (κ2) is 4.59. The van der Waals surface area contributed by atoms with Crippen molar-refractivity contribution in [3.05, 3.63) is 30.1 Å². The van der Waals surface area contributed by atoms with Crippen molar-refractivity contribution in [1.82, 2.24) is 0 Å². The number of hydrogen-bond donors (Lipinski definition) is 0. The maximum Gasteiger partial charge on any atom is 0.934 e. The zero-order chi connectivity index (χ0) is 12.3. The second-order valence-corrected chi connectivity index (χ2v) is 4.31. The van der Waals surface area contributed by atoms with E-state index in [0.29, 0.717) is 4.48 Å². The first kappa shape index (κ1) is 12.6. The number of ether oxygens (including phenoxy) is 1. The Morgan fingerprint density at radius 3 is 2.19 bits per heavy atom. The predicted octanol–water partition coefficient (Wildman–Crippen LogP) is 1.70. The van der Waals surface area contributed by atoms with Crippen molar-refractivity contribution in [2.45, 2.75) is 26.4 Å². The van der Waals surface area contributed by atoms with Crippen LogP contribution >= 0.6 is 0 Å². The zero-order valence-corrected chi connectivity index (χ0v) is 9.41. The number of rotatable bonds is 2. The molecule has 0 amide bonds. The van der Waals surface area contributed by atoms with Crippen LogP contribution in [0.25, 0.3) is 0 Å². The minimum absolute atomic E-state index is 0.256. The standard InChI is InChI=1S/C10H13BF2NO2/c1-10(2,3)16-9(15)8-4-6-14(7-5-8)11(12)13/h4-7H,1-3H3/q+1. The third-order valence-corrected chi connectivity index (χ3v) is 1.71. The van der Waals surface area contributed by atoms with E-state index < -0.39 is 19.0 Å². The summed E-state index contributed by atoms with van der Waals surface area (Å²) >= 11 is 0. The van der Waals surface area contributed by atoms with E-state index in [4.69, 9.17) is 4.74 Å².